The fourth-order valence-corrected chi connectivity index (χ4v) is 4.12. The molecule has 4 nitrogen and oxygen atoms in total. The van der Waals surface area contributed by atoms with Crippen molar-refractivity contribution in [3.63, 3.8) is 0 Å². The fraction of sp³-hybridized carbons (Fsp3) is 0.111. The molecule has 0 radical (unpaired) electrons. The van der Waals surface area contributed by atoms with Crippen molar-refractivity contribution in [2.45, 2.75) is 12.5 Å². The topological polar surface area (TPSA) is 43.6 Å². The highest BCUT2D eigenvalue weighted by Crippen LogP contribution is 2.35. The van der Waals surface area contributed by atoms with E-state index in [1.54, 1.807) is 4.40 Å². The van der Waals surface area contributed by atoms with Crippen LogP contribution in [0, 0.1) is 0 Å². The van der Waals surface area contributed by atoms with E-state index in [-0.39, 0.29) is 11.7 Å². The number of aromatic nitrogens is 2. The van der Waals surface area contributed by atoms with Crippen molar-refractivity contribution in [2.75, 3.05) is 0 Å². The van der Waals surface area contributed by atoms with E-state index < -0.39 is 0 Å². The highest BCUT2D eigenvalue weighted by atomic mass is 32.1. The van der Waals surface area contributed by atoms with E-state index in [1.165, 1.54) is 11.3 Å². The van der Waals surface area contributed by atoms with Crippen LogP contribution >= 0.6 is 11.3 Å². The molecule has 0 saturated carbocycles. The van der Waals surface area contributed by atoms with Gasteiger partial charge in [-0.2, -0.15) is 4.98 Å². The number of rotatable bonds is 1. The summed E-state index contributed by atoms with van der Waals surface area (Å²) in [6.45, 7) is 0. The molecule has 0 fully saturated rings. The van der Waals surface area contributed by atoms with E-state index in [0.29, 0.717) is 22.8 Å². The molecule has 0 bridgehead atoms. The zero-order valence-corrected chi connectivity index (χ0v) is 12.9. The molecular formula is C18H12N2O2S. The first-order valence-corrected chi connectivity index (χ1v) is 8.28. The number of hydrogen-bond donors (Lipinski definition) is 0. The second kappa shape index (κ2) is 4.67. The summed E-state index contributed by atoms with van der Waals surface area (Å²) in [6.07, 6.45) is 0.438. The summed E-state index contributed by atoms with van der Waals surface area (Å²) >= 11 is 1.51. The van der Waals surface area contributed by atoms with Crippen molar-refractivity contribution < 1.29 is 4.74 Å². The van der Waals surface area contributed by atoms with E-state index >= 15 is 0 Å². The Bertz CT molecular complexity index is 1100. The van der Waals surface area contributed by atoms with E-state index in [0.717, 1.165) is 15.8 Å². The Morgan fingerprint density at radius 3 is 2.74 bits per heavy atom. The summed E-state index contributed by atoms with van der Waals surface area (Å²) in [5.74, 6) is 0.482. The van der Waals surface area contributed by atoms with Gasteiger partial charge in [-0.15, -0.1) is 0 Å². The van der Waals surface area contributed by atoms with E-state index in [1.807, 2.05) is 54.6 Å². The van der Waals surface area contributed by atoms with Gasteiger partial charge in [-0.3, -0.25) is 9.20 Å². The minimum absolute atomic E-state index is 0.0131. The van der Waals surface area contributed by atoms with E-state index in [2.05, 4.69) is 4.98 Å². The molecule has 4 aromatic rings. The second-order valence-corrected chi connectivity index (χ2v) is 6.62. The van der Waals surface area contributed by atoms with Crippen LogP contribution in [0.15, 0.2) is 59.4 Å². The maximum Gasteiger partial charge on any atom is 0.266 e. The lowest BCUT2D eigenvalue weighted by molar-refractivity contribution is 0.231. The van der Waals surface area contributed by atoms with Crippen molar-refractivity contribution in [3.05, 3.63) is 76.1 Å². The average molecular weight is 320 g/mol. The number of benzene rings is 2. The molecule has 1 aliphatic rings. The molecule has 0 N–H and O–H groups in total. The van der Waals surface area contributed by atoms with Gasteiger partial charge in [-0.1, -0.05) is 53.8 Å². The summed E-state index contributed by atoms with van der Waals surface area (Å²) in [5, 5.41) is 0. The van der Waals surface area contributed by atoms with Gasteiger partial charge in [-0.25, -0.2) is 0 Å². The number of fused-ring (bicyclic) bond motifs is 4. The van der Waals surface area contributed by atoms with E-state index in [4.69, 9.17) is 4.74 Å². The SMILES string of the molecule is O=c1c2c(nc3sc4ccccc4n13)OC(c1ccccc1)C2. The molecule has 0 amide bonds. The lowest BCUT2D eigenvalue weighted by Gasteiger charge is -2.09. The molecule has 2 aromatic heterocycles. The van der Waals surface area contributed by atoms with Crippen LogP contribution in [0.25, 0.3) is 15.2 Å². The number of ether oxygens (including phenoxy) is 1. The Morgan fingerprint density at radius 1 is 1.09 bits per heavy atom. The summed E-state index contributed by atoms with van der Waals surface area (Å²) in [7, 11) is 0. The smallest absolute Gasteiger partial charge is 0.266 e. The molecule has 0 saturated heterocycles. The lowest BCUT2D eigenvalue weighted by atomic mass is 10.1. The van der Waals surface area contributed by atoms with Crippen molar-refractivity contribution in [2.24, 2.45) is 0 Å². The number of nitrogens with zero attached hydrogens (tertiary/aromatic N) is 2. The molecule has 3 heterocycles. The molecule has 112 valence electrons. The summed E-state index contributed by atoms with van der Waals surface area (Å²) in [5.41, 5.74) is 2.64. The van der Waals surface area contributed by atoms with Gasteiger partial charge in [0.25, 0.3) is 5.56 Å². The summed E-state index contributed by atoms with van der Waals surface area (Å²) in [6, 6.07) is 17.8. The van der Waals surface area contributed by atoms with Crippen molar-refractivity contribution >= 4 is 26.5 Å². The van der Waals surface area contributed by atoms with Gasteiger partial charge >= 0.3 is 0 Å². The van der Waals surface area contributed by atoms with Gasteiger partial charge in [0.05, 0.1) is 15.8 Å². The Morgan fingerprint density at radius 2 is 1.87 bits per heavy atom. The number of hydrogen-bond acceptors (Lipinski definition) is 4. The molecule has 1 atom stereocenters. The maximum absolute atomic E-state index is 12.9. The van der Waals surface area contributed by atoms with Gasteiger partial charge in [0.15, 0.2) is 0 Å². The van der Waals surface area contributed by atoms with Gasteiger partial charge in [0, 0.05) is 6.42 Å². The van der Waals surface area contributed by atoms with Crippen molar-refractivity contribution in [3.8, 4) is 5.88 Å². The van der Waals surface area contributed by atoms with Crippen LogP contribution < -0.4 is 10.3 Å². The van der Waals surface area contributed by atoms with Crippen LogP contribution in [0.1, 0.15) is 17.2 Å². The Hall–Kier alpha value is -2.66. The van der Waals surface area contributed by atoms with E-state index in [9.17, 15) is 4.79 Å². The van der Waals surface area contributed by atoms with Gasteiger partial charge in [0.1, 0.15) is 6.10 Å². The molecule has 2 aromatic carbocycles. The zero-order chi connectivity index (χ0) is 15.4. The van der Waals surface area contributed by atoms with Crippen molar-refractivity contribution in [1.29, 1.82) is 0 Å². The van der Waals surface area contributed by atoms with Crippen LogP contribution in [0.5, 0.6) is 5.88 Å². The number of thiazole rings is 1. The number of para-hydroxylation sites is 1. The largest absolute Gasteiger partial charge is 0.469 e. The fourth-order valence-electron chi connectivity index (χ4n) is 3.11. The maximum atomic E-state index is 12.9. The predicted octanol–water partition coefficient (Wildman–Crippen LogP) is 3.59. The van der Waals surface area contributed by atoms with Crippen molar-refractivity contribution in [1.82, 2.24) is 9.38 Å². The molecule has 5 rings (SSSR count). The molecule has 23 heavy (non-hydrogen) atoms. The standard InChI is InChI=1S/C18H12N2O2S/c21-17-12-10-14(11-6-2-1-3-7-11)22-16(12)19-18-20(17)13-8-4-5-9-15(13)23-18/h1-9,14H,10H2. The highest BCUT2D eigenvalue weighted by molar-refractivity contribution is 7.23. The third-order valence-corrected chi connectivity index (χ3v) is 5.25. The van der Waals surface area contributed by atoms with Gasteiger partial charge in [0.2, 0.25) is 10.8 Å². The Labute approximate surface area is 135 Å². The Balaban J connectivity index is 1.71. The molecule has 0 spiro atoms. The van der Waals surface area contributed by atoms with Gasteiger partial charge in [-0.05, 0) is 17.7 Å². The second-order valence-electron chi connectivity index (χ2n) is 5.61. The third-order valence-electron chi connectivity index (χ3n) is 4.23. The average Bonchev–Trinajstić information content (AvgIpc) is 3.17. The molecule has 5 heteroatoms. The van der Waals surface area contributed by atoms with Crippen LogP contribution in [-0.2, 0) is 6.42 Å². The normalized spacial score (nSPS) is 16.6. The zero-order valence-electron chi connectivity index (χ0n) is 12.1. The Kier molecular flexibility index (Phi) is 2.60. The first-order chi connectivity index (χ1) is 11.3. The van der Waals surface area contributed by atoms with Crippen LogP contribution in [0.4, 0.5) is 0 Å². The molecule has 1 unspecified atom stereocenters. The summed E-state index contributed by atoms with van der Waals surface area (Å²) in [4.78, 5) is 18.2. The third kappa shape index (κ3) is 1.83. The first-order valence-electron chi connectivity index (χ1n) is 7.46. The molecule has 1 aliphatic heterocycles. The molecular weight excluding hydrogens is 308 g/mol. The first kappa shape index (κ1) is 12.8. The quantitative estimate of drug-likeness (QED) is 0.538. The molecule has 0 aliphatic carbocycles. The van der Waals surface area contributed by atoms with Crippen LogP contribution in [-0.4, -0.2) is 9.38 Å². The van der Waals surface area contributed by atoms with Crippen LogP contribution in [0.2, 0.25) is 0 Å². The minimum atomic E-state index is -0.130. The predicted molar refractivity (Wildman–Crippen MR) is 90.4 cm³/mol. The van der Waals surface area contributed by atoms with Gasteiger partial charge < -0.3 is 4.74 Å². The minimum Gasteiger partial charge on any atom is -0.469 e. The summed E-state index contributed by atoms with van der Waals surface area (Å²) < 4.78 is 8.72. The van der Waals surface area contributed by atoms with Crippen LogP contribution in [0.3, 0.4) is 0 Å². The monoisotopic (exact) mass is 320 g/mol. The highest BCUT2D eigenvalue weighted by Gasteiger charge is 2.30. The lowest BCUT2D eigenvalue weighted by Crippen LogP contribution is -2.17.